The summed E-state index contributed by atoms with van der Waals surface area (Å²) in [5, 5.41) is 0.741. The van der Waals surface area contributed by atoms with Crippen molar-refractivity contribution in [2.75, 3.05) is 0 Å². The summed E-state index contributed by atoms with van der Waals surface area (Å²) in [6.07, 6.45) is 6.97. The van der Waals surface area contributed by atoms with Crippen molar-refractivity contribution >= 4 is 21.6 Å². The maximum Gasteiger partial charge on any atom is 0.0207 e. The molecule has 0 unspecified atom stereocenters. The number of rotatable bonds is 9. The van der Waals surface area contributed by atoms with Crippen molar-refractivity contribution in [1.82, 2.24) is 0 Å². The van der Waals surface area contributed by atoms with Gasteiger partial charge in [0.15, 0.2) is 0 Å². The molecule has 0 saturated heterocycles. The van der Waals surface area contributed by atoms with E-state index in [1.165, 1.54) is 32.1 Å². The van der Waals surface area contributed by atoms with Crippen molar-refractivity contribution in [1.29, 1.82) is 0 Å². The molecule has 0 rings (SSSR count). The van der Waals surface area contributed by atoms with Crippen LogP contribution in [0.1, 0.15) is 73.6 Å². The lowest BCUT2D eigenvalue weighted by Gasteiger charge is -2.24. The molecule has 0 aliphatic carbocycles. The summed E-state index contributed by atoms with van der Waals surface area (Å²) in [6, 6.07) is 0. The van der Waals surface area contributed by atoms with E-state index in [-0.39, 0.29) is 0 Å². The van der Waals surface area contributed by atoms with Crippen LogP contribution in [0.5, 0.6) is 0 Å². The molecule has 0 amide bonds. The van der Waals surface area contributed by atoms with Gasteiger partial charge in [0, 0.05) is 10.00 Å². The maximum absolute atomic E-state index is 2.38. The van der Waals surface area contributed by atoms with Crippen LogP contribution in [0.2, 0.25) is 0 Å². The molecule has 0 aliphatic rings. The Bertz CT molecular complexity index is 162. The van der Waals surface area contributed by atoms with Crippen LogP contribution in [0.15, 0.2) is 0 Å². The highest BCUT2D eigenvalue weighted by molar-refractivity contribution is 8.77. The van der Waals surface area contributed by atoms with Crippen LogP contribution < -0.4 is 0 Å². The second-order valence-corrected chi connectivity index (χ2v) is 9.47. The summed E-state index contributed by atoms with van der Waals surface area (Å²) < 4.78 is 0.451. The van der Waals surface area contributed by atoms with E-state index in [1.54, 1.807) is 0 Å². The number of hydrogen-bond acceptors (Lipinski definition) is 2. The largest absolute Gasteiger partial charge is 0.0908 e. The van der Waals surface area contributed by atoms with Crippen molar-refractivity contribution in [3.8, 4) is 0 Å². The average molecular weight is 263 g/mol. The van der Waals surface area contributed by atoms with Gasteiger partial charge in [-0.3, -0.25) is 0 Å². The number of unbranched alkanes of at least 4 members (excludes halogenated alkanes) is 2. The molecule has 2 heteroatoms. The van der Waals surface area contributed by atoms with Crippen LogP contribution in [0.4, 0.5) is 0 Å². The summed E-state index contributed by atoms with van der Waals surface area (Å²) in [5.41, 5.74) is 0. The molecule has 0 heterocycles. The lowest BCUT2D eigenvalue weighted by atomic mass is 10.0. The van der Waals surface area contributed by atoms with E-state index in [0.29, 0.717) is 4.75 Å². The molecular weight excluding hydrogens is 232 g/mol. The smallest absolute Gasteiger partial charge is 0.0207 e. The zero-order valence-electron chi connectivity index (χ0n) is 12.0. The van der Waals surface area contributed by atoms with Crippen molar-refractivity contribution < 1.29 is 0 Å². The first-order valence-corrected chi connectivity index (χ1v) is 8.89. The van der Waals surface area contributed by atoms with Gasteiger partial charge >= 0.3 is 0 Å². The van der Waals surface area contributed by atoms with Crippen molar-refractivity contribution in [3.05, 3.63) is 0 Å². The van der Waals surface area contributed by atoms with Gasteiger partial charge < -0.3 is 0 Å². The van der Waals surface area contributed by atoms with Gasteiger partial charge in [0.1, 0.15) is 0 Å². The van der Waals surface area contributed by atoms with Crippen molar-refractivity contribution in [2.45, 2.75) is 83.6 Å². The monoisotopic (exact) mass is 262 g/mol. The van der Waals surface area contributed by atoms with Crippen LogP contribution in [0, 0.1) is 5.92 Å². The second kappa shape index (κ2) is 8.74. The van der Waals surface area contributed by atoms with E-state index in [2.05, 4.69) is 52.3 Å². The van der Waals surface area contributed by atoms with E-state index in [9.17, 15) is 0 Å². The summed E-state index contributed by atoms with van der Waals surface area (Å²) in [6.45, 7) is 14.0. The van der Waals surface area contributed by atoms with Gasteiger partial charge in [-0.15, -0.1) is 0 Å². The fourth-order valence-corrected chi connectivity index (χ4v) is 3.84. The minimum atomic E-state index is 0.451. The SMILES string of the molecule is CC(C)CCCCCC(C)(C)SSC(C)C. The van der Waals surface area contributed by atoms with E-state index >= 15 is 0 Å². The lowest BCUT2D eigenvalue weighted by Crippen LogP contribution is -2.13. The molecular formula is C14H30S2. The Balaban J connectivity index is 3.50. The average Bonchev–Trinajstić information content (AvgIpc) is 2.14. The van der Waals surface area contributed by atoms with Crippen LogP contribution >= 0.6 is 21.6 Å². The maximum atomic E-state index is 2.38. The molecule has 0 N–H and O–H groups in total. The molecule has 0 nitrogen and oxygen atoms in total. The highest BCUT2D eigenvalue weighted by atomic mass is 33.1. The minimum absolute atomic E-state index is 0.451. The summed E-state index contributed by atoms with van der Waals surface area (Å²) in [7, 11) is 4.09. The highest BCUT2D eigenvalue weighted by Crippen LogP contribution is 2.41. The normalized spacial score (nSPS) is 12.8. The molecule has 0 bridgehead atoms. The third-order valence-corrected chi connectivity index (χ3v) is 6.46. The predicted octanol–water partition coefficient (Wildman–Crippen LogP) is 6.16. The highest BCUT2D eigenvalue weighted by Gasteiger charge is 2.18. The second-order valence-electron chi connectivity index (χ2n) is 5.98. The molecule has 16 heavy (non-hydrogen) atoms. The van der Waals surface area contributed by atoms with Gasteiger partial charge in [-0.05, 0) is 26.2 Å². The summed E-state index contributed by atoms with van der Waals surface area (Å²) in [5.74, 6) is 0.874. The fourth-order valence-electron chi connectivity index (χ4n) is 1.55. The molecule has 0 aliphatic heterocycles. The molecule has 0 aromatic rings. The molecule has 0 saturated carbocycles. The third kappa shape index (κ3) is 11.2. The van der Waals surface area contributed by atoms with Crippen LogP contribution in [-0.2, 0) is 0 Å². The Kier molecular flexibility index (Phi) is 9.12. The van der Waals surface area contributed by atoms with E-state index < -0.39 is 0 Å². The Morgan fingerprint density at radius 3 is 2.06 bits per heavy atom. The first-order chi connectivity index (χ1) is 7.33. The first kappa shape index (κ1) is 16.7. The zero-order chi connectivity index (χ0) is 12.6. The molecule has 0 atom stereocenters. The number of hydrogen-bond donors (Lipinski definition) is 0. The van der Waals surface area contributed by atoms with Crippen LogP contribution in [0.3, 0.4) is 0 Å². The van der Waals surface area contributed by atoms with Gasteiger partial charge in [-0.2, -0.15) is 0 Å². The van der Waals surface area contributed by atoms with Crippen LogP contribution in [0.25, 0.3) is 0 Å². The third-order valence-electron chi connectivity index (χ3n) is 2.53. The minimum Gasteiger partial charge on any atom is -0.0908 e. The molecule has 0 aromatic carbocycles. The molecule has 98 valence electrons. The Labute approximate surface area is 111 Å². The van der Waals surface area contributed by atoms with E-state index in [1.807, 2.05) is 10.8 Å². The Morgan fingerprint density at radius 1 is 0.938 bits per heavy atom. The van der Waals surface area contributed by atoms with Gasteiger partial charge in [0.25, 0.3) is 0 Å². The lowest BCUT2D eigenvalue weighted by molar-refractivity contribution is 0.502. The Morgan fingerprint density at radius 2 is 1.56 bits per heavy atom. The van der Waals surface area contributed by atoms with Crippen molar-refractivity contribution in [3.63, 3.8) is 0 Å². The zero-order valence-corrected chi connectivity index (χ0v) is 13.6. The molecule has 0 fully saturated rings. The van der Waals surface area contributed by atoms with Crippen LogP contribution in [-0.4, -0.2) is 10.00 Å². The van der Waals surface area contributed by atoms with Gasteiger partial charge in [0.05, 0.1) is 0 Å². The molecule has 0 radical (unpaired) electrons. The summed E-state index contributed by atoms with van der Waals surface area (Å²) in [4.78, 5) is 0. The first-order valence-electron chi connectivity index (χ1n) is 6.68. The molecule has 0 spiro atoms. The van der Waals surface area contributed by atoms with Gasteiger partial charge in [-0.25, -0.2) is 0 Å². The van der Waals surface area contributed by atoms with E-state index in [4.69, 9.17) is 0 Å². The fraction of sp³-hybridized carbons (Fsp3) is 1.00. The van der Waals surface area contributed by atoms with Gasteiger partial charge in [-0.1, -0.05) is 75.0 Å². The molecule has 0 aromatic heterocycles. The quantitative estimate of drug-likeness (QED) is 0.360. The standard InChI is InChI=1S/C14H30S2/c1-12(2)10-8-7-9-11-14(5,6)16-15-13(3)4/h12-13H,7-11H2,1-6H3. The summed E-state index contributed by atoms with van der Waals surface area (Å²) >= 11 is 0. The van der Waals surface area contributed by atoms with Crippen molar-refractivity contribution in [2.24, 2.45) is 5.92 Å². The van der Waals surface area contributed by atoms with Gasteiger partial charge in [0.2, 0.25) is 0 Å². The van der Waals surface area contributed by atoms with E-state index in [0.717, 1.165) is 11.2 Å². The Hall–Kier alpha value is 0.700. The topological polar surface area (TPSA) is 0 Å². The predicted molar refractivity (Wildman–Crippen MR) is 82.3 cm³/mol.